The lowest BCUT2D eigenvalue weighted by atomic mass is 10.1. The molecule has 1 saturated heterocycles. The molecular formula is C18H21ClN2O4S2. The van der Waals surface area contributed by atoms with Gasteiger partial charge in [-0.2, -0.15) is 4.31 Å². The zero-order chi connectivity index (χ0) is 19.7. The molecule has 146 valence electrons. The van der Waals surface area contributed by atoms with Crippen molar-refractivity contribution in [2.24, 2.45) is 0 Å². The molecule has 0 aromatic heterocycles. The third-order valence-electron chi connectivity index (χ3n) is 4.53. The first-order chi connectivity index (χ1) is 12.7. The van der Waals surface area contributed by atoms with E-state index in [0.29, 0.717) is 12.8 Å². The van der Waals surface area contributed by atoms with Gasteiger partial charge in [0.05, 0.1) is 9.92 Å². The molecule has 0 atom stereocenters. The average molecular weight is 429 g/mol. The topological polar surface area (TPSA) is 83.6 Å². The van der Waals surface area contributed by atoms with Crippen LogP contribution < -0.4 is 4.72 Å². The Kier molecular flexibility index (Phi) is 5.93. The number of halogens is 1. The van der Waals surface area contributed by atoms with Gasteiger partial charge in [0.25, 0.3) is 0 Å². The van der Waals surface area contributed by atoms with Gasteiger partial charge in [-0.05, 0) is 49.6 Å². The van der Waals surface area contributed by atoms with E-state index in [9.17, 15) is 16.8 Å². The second-order valence-electron chi connectivity index (χ2n) is 6.55. The van der Waals surface area contributed by atoms with Gasteiger partial charge in [-0.15, -0.1) is 0 Å². The van der Waals surface area contributed by atoms with Crippen LogP contribution in [0, 0.1) is 6.92 Å². The summed E-state index contributed by atoms with van der Waals surface area (Å²) in [7, 11) is -7.32. The van der Waals surface area contributed by atoms with Crippen LogP contribution in [0.5, 0.6) is 0 Å². The number of sulfonamides is 2. The van der Waals surface area contributed by atoms with Crippen LogP contribution in [0.2, 0.25) is 5.02 Å². The molecule has 1 N–H and O–H groups in total. The lowest BCUT2D eigenvalue weighted by Gasteiger charge is -2.31. The molecule has 1 heterocycles. The standard InChI is InChI=1S/C18H21ClN2O4S2/c1-14-7-8-18(17(19)13-14)27(24,25)21-11-9-15(10-12-21)20-26(22,23)16-5-3-2-4-6-16/h2-8,13,15,20H,9-12H2,1H3. The summed E-state index contributed by atoms with van der Waals surface area (Å²) >= 11 is 6.12. The van der Waals surface area contributed by atoms with Crippen molar-refractivity contribution in [3.63, 3.8) is 0 Å². The Labute approximate surface area is 165 Å². The molecule has 0 spiro atoms. The minimum Gasteiger partial charge on any atom is -0.208 e. The molecule has 0 bridgehead atoms. The molecule has 0 saturated carbocycles. The summed E-state index contributed by atoms with van der Waals surface area (Å²) in [5.41, 5.74) is 0.882. The number of hydrogen-bond donors (Lipinski definition) is 1. The molecule has 1 fully saturated rings. The van der Waals surface area contributed by atoms with Gasteiger partial charge in [-0.1, -0.05) is 35.9 Å². The van der Waals surface area contributed by atoms with Gasteiger partial charge < -0.3 is 0 Å². The van der Waals surface area contributed by atoms with Crippen LogP contribution >= 0.6 is 11.6 Å². The minimum atomic E-state index is -3.70. The van der Waals surface area contributed by atoms with E-state index in [1.165, 1.54) is 22.5 Å². The van der Waals surface area contributed by atoms with E-state index in [1.54, 1.807) is 30.3 Å². The van der Waals surface area contributed by atoms with Gasteiger partial charge in [0, 0.05) is 19.1 Å². The molecule has 9 heteroatoms. The highest BCUT2D eigenvalue weighted by Crippen LogP contribution is 2.28. The summed E-state index contributed by atoms with van der Waals surface area (Å²) in [6.07, 6.45) is 0.795. The van der Waals surface area contributed by atoms with Crippen LogP contribution in [-0.4, -0.2) is 40.3 Å². The van der Waals surface area contributed by atoms with Crippen molar-refractivity contribution in [1.29, 1.82) is 0 Å². The second-order valence-corrected chi connectivity index (χ2v) is 10.6. The lowest BCUT2D eigenvalue weighted by Crippen LogP contribution is -2.46. The van der Waals surface area contributed by atoms with Crippen LogP contribution in [-0.2, 0) is 20.0 Å². The summed E-state index contributed by atoms with van der Waals surface area (Å²) < 4.78 is 54.5. The molecule has 2 aromatic rings. The normalized spacial score (nSPS) is 17.1. The first-order valence-corrected chi connectivity index (χ1v) is 11.8. The molecule has 0 aliphatic carbocycles. The highest BCUT2D eigenvalue weighted by atomic mass is 35.5. The van der Waals surface area contributed by atoms with Crippen LogP contribution in [0.3, 0.4) is 0 Å². The van der Waals surface area contributed by atoms with Crippen LogP contribution in [0.4, 0.5) is 0 Å². The van der Waals surface area contributed by atoms with E-state index in [1.807, 2.05) is 6.92 Å². The predicted molar refractivity (Wildman–Crippen MR) is 105 cm³/mol. The smallest absolute Gasteiger partial charge is 0.208 e. The fraction of sp³-hybridized carbons (Fsp3) is 0.333. The molecule has 0 radical (unpaired) electrons. The Hall–Kier alpha value is -1.45. The fourth-order valence-corrected chi connectivity index (χ4v) is 6.42. The van der Waals surface area contributed by atoms with Crippen LogP contribution in [0.25, 0.3) is 0 Å². The van der Waals surface area contributed by atoms with Crippen molar-refractivity contribution >= 4 is 31.6 Å². The summed E-state index contributed by atoms with van der Waals surface area (Å²) in [6.45, 7) is 2.30. The largest absolute Gasteiger partial charge is 0.244 e. The second kappa shape index (κ2) is 7.89. The van der Waals surface area contributed by atoms with Crippen molar-refractivity contribution in [3.05, 3.63) is 59.1 Å². The maximum Gasteiger partial charge on any atom is 0.244 e. The lowest BCUT2D eigenvalue weighted by molar-refractivity contribution is 0.308. The van der Waals surface area contributed by atoms with E-state index >= 15 is 0 Å². The summed E-state index contributed by atoms with van der Waals surface area (Å²) in [5.74, 6) is 0. The molecule has 1 aliphatic heterocycles. The van der Waals surface area contributed by atoms with Gasteiger partial charge in [0.2, 0.25) is 20.0 Å². The minimum absolute atomic E-state index is 0.0816. The van der Waals surface area contributed by atoms with E-state index in [2.05, 4.69) is 4.72 Å². The first kappa shape index (κ1) is 20.3. The molecule has 0 amide bonds. The van der Waals surface area contributed by atoms with Gasteiger partial charge in [-0.3, -0.25) is 0 Å². The fourth-order valence-electron chi connectivity index (χ4n) is 3.06. The number of nitrogens with one attached hydrogen (secondary N) is 1. The van der Waals surface area contributed by atoms with E-state index in [-0.39, 0.29) is 33.9 Å². The zero-order valence-corrected chi connectivity index (χ0v) is 17.2. The van der Waals surface area contributed by atoms with Crippen LogP contribution in [0.15, 0.2) is 58.3 Å². The van der Waals surface area contributed by atoms with Crippen molar-refractivity contribution in [2.45, 2.75) is 35.6 Å². The number of rotatable bonds is 5. The molecule has 27 heavy (non-hydrogen) atoms. The van der Waals surface area contributed by atoms with Crippen LogP contribution in [0.1, 0.15) is 18.4 Å². The Morgan fingerprint density at radius 2 is 1.63 bits per heavy atom. The molecule has 6 nitrogen and oxygen atoms in total. The summed E-state index contributed by atoms with van der Waals surface area (Å²) in [6, 6.07) is 12.7. The molecule has 1 aliphatic rings. The average Bonchev–Trinajstić information content (AvgIpc) is 2.62. The number of hydrogen-bond acceptors (Lipinski definition) is 4. The Bertz CT molecular complexity index is 1020. The highest BCUT2D eigenvalue weighted by molar-refractivity contribution is 7.89. The third-order valence-corrected chi connectivity index (χ3v) is 8.45. The van der Waals surface area contributed by atoms with Crippen molar-refractivity contribution < 1.29 is 16.8 Å². The SMILES string of the molecule is Cc1ccc(S(=O)(=O)N2CCC(NS(=O)(=O)c3ccccc3)CC2)c(Cl)c1. The zero-order valence-electron chi connectivity index (χ0n) is 14.8. The maximum absolute atomic E-state index is 12.8. The molecular weight excluding hydrogens is 408 g/mol. The van der Waals surface area contributed by atoms with Gasteiger partial charge in [0.15, 0.2) is 0 Å². The van der Waals surface area contributed by atoms with Crippen molar-refractivity contribution in [2.75, 3.05) is 13.1 Å². The quantitative estimate of drug-likeness (QED) is 0.793. The van der Waals surface area contributed by atoms with Gasteiger partial charge in [0.1, 0.15) is 4.90 Å². The number of piperidine rings is 1. The molecule has 2 aromatic carbocycles. The number of benzene rings is 2. The first-order valence-electron chi connectivity index (χ1n) is 8.54. The van der Waals surface area contributed by atoms with E-state index < -0.39 is 20.0 Å². The monoisotopic (exact) mass is 428 g/mol. The van der Waals surface area contributed by atoms with E-state index in [4.69, 9.17) is 11.6 Å². The van der Waals surface area contributed by atoms with Gasteiger partial charge in [-0.25, -0.2) is 21.6 Å². The Balaban J connectivity index is 1.68. The highest BCUT2D eigenvalue weighted by Gasteiger charge is 2.32. The summed E-state index contributed by atoms with van der Waals surface area (Å²) in [4.78, 5) is 0.282. The number of nitrogens with zero attached hydrogens (tertiary/aromatic N) is 1. The van der Waals surface area contributed by atoms with Crippen molar-refractivity contribution in [3.8, 4) is 0 Å². The maximum atomic E-state index is 12.8. The van der Waals surface area contributed by atoms with Crippen molar-refractivity contribution in [1.82, 2.24) is 9.03 Å². The molecule has 3 rings (SSSR count). The Morgan fingerprint density at radius 1 is 1.00 bits per heavy atom. The van der Waals surface area contributed by atoms with E-state index in [0.717, 1.165) is 5.56 Å². The molecule has 0 unspecified atom stereocenters. The predicted octanol–water partition coefficient (Wildman–Crippen LogP) is 2.78. The van der Waals surface area contributed by atoms with Gasteiger partial charge >= 0.3 is 0 Å². The third kappa shape index (κ3) is 4.52. The number of aryl methyl sites for hydroxylation is 1. The summed E-state index contributed by atoms with van der Waals surface area (Å²) in [5, 5.41) is 0.196. The Morgan fingerprint density at radius 3 is 2.22 bits per heavy atom.